The van der Waals surface area contributed by atoms with Gasteiger partial charge >= 0.3 is 0 Å². The number of nitrogens with one attached hydrogen (secondary N) is 1. The molecule has 3 N–H and O–H groups in total. The molecule has 0 aromatic carbocycles. The third-order valence-electron chi connectivity index (χ3n) is 2.83. The minimum absolute atomic E-state index is 0.331. The van der Waals surface area contributed by atoms with Crippen molar-refractivity contribution in [3.8, 4) is 11.4 Å². The lowest BCUT2D eigenvalue weighted by atomic mass is 9.95. The zero-order valence-electron chi connectivity index (χ0n) is 8.29. The molecule has 0 fully saturated rings. The number of hydrogen-bond donors (Lipinski definition) is 2. The second-order valence-corrected chi connectivity index (χ2v) is 3.85. The molecular formula is C10H12N4O. The average Bonchev–Trinajstić information content (AvgIpc) is 2.83. The molecule has 15 heavy (non-hydrogen) atoms. The van der Waals surface area contributed by atoms with E-state index in [0.717, 1.165) is 24.2 Å². The van der Waals surface area contributed by atoms with Crippen molar-refractivity contribution in [1.82, 2.24) is 15.4 Å². The fourth-order valence-corrected chi connectivity index (χ4v) is 2.09. The van der Waals surface area contributed by atoms with Crippen LogP contribution >= 0.6 is 0 Å². The molecule has 0 saturated heterocycles. The van der Waals surface area contributed by atoms with Crippen LogP contribution in [0.1, 0.15) is 24.1 Å². The zero-order valence-corrected chi connectivity index (χ0v) is 8.29. The lowest BCUT2D eigenvalue weighted by Gasteiger charge is -2.09. The Kier molecular flexibility index (Phi) is 1.77. The average molecular weight is 204 g/mol. The molecular weight excluding hydrogens is 192 g/mol. The van der Waals surface area contributed by atoms with Crippen LogP contribution in [-0.2, 0) is 12.8 Å². The van der Waals surface area contributed by atoms with Crippen LogP contribution in [0.25, 0.3) is 11.4 Å². The topological polar surface area (TPSA) is 80.7 Å². The lowest BCUT2D eigenvalue weighted by Crippen LogP contribution is -2.01. The molecule has 0 bridgehead atoms. The first-order valence-corrected chi connectivity index (χ1v) is 5.13. The first-order valence-electron chi connectivity index (χ1n) is 5.13. The van der Waals surface area contributed by atoms with Gasteiger partial charge in [0.1, 0.15) is 11.4 Å². The second-order valence-electron chi connectivity index (χ2n) is 3.85. The minimum Gasteiger partial charge on any atom is -0.368 e. The number of nitrogens with two attached hydrogens (primary N) is 1. The van der Waals surface area contributed by atoms with Gasteiger partial charge in [-0.1, -0.05) is 5.16 Å². The summed E-state index contributed by atoms with van der Waals surface area (Å²) in [5, 5.41) is 11.2. The molecule has 0 radical (unpaired) electrons. The normalized spacial score (nSPS) is 15.2. The number of nitrogens with zero attached hydrogens (tertiary/aromatic N) is 2. The molecule has 0 amide bonds. The molecule has 0 unspecified atom stereocenters. The maximum absolute atomic E-state index is 5.49. The Hall–Kier alpha value is -1.78. The van der Waals surface area contributed by atoms with Crippen molar-refractivity contribution in [2.75, 3.05) is 5.73 Å². The van der Waals surface area contributed by atoms with E-state index in [1.54, 1.807) is 6.07 Å². The van der Waals surface area contributed by atoms with Crippen LogP contribution < -0.4 is 5.73 Å². The molecule has 0 saturated carbocycles. The number of hydrogen-bond acceptors (Lipinski definition) is 4. The molecule has 3 rings (SSSR count). The Morgan fingerprint density at radius 3 is 3.00 bits per heavy atom. The molecule has 78 valence electrons. The van der Waals surface area contributed by atoms with E-state index in [-0.39, 0.29) is 0 Å². The predicted octanol–water partition coefficient (Wildman–Crippen LogP) is 1.53. The maximum Gasteiger partial charge on any atom is 0.222 e. The molecule has 1 aliphatic carbocycles. The number of nitrogen functional groups attached to an aromatic ring is 1. The summed E-state index contributed by atoms with van der Waals surface area (Å²) >= 11 is 0. The Morgan fingerprint density at radius 1 is 1.33 bits per heavy atom. The highest BCUT2D eigenvalue weighted by molar-refractivity contribution is 5.62. The van der Waals surface area contributed by atoms with Crippen LogP contribution in [-0.4, -0.2) is 15.4 Å². The van der Waals surface area contributed by atoms with Gasteiger partial charge in [-0.2, -0.15) is 5.10 Å². The van der Waals surface area contributed by atoms with Gasteiger partial charge < -0.3 is 10.3 Å². The number of fused-ring (bicyclic) bond motifs is 1. The third kappa shape index (κ3) is 1.31. The summed E-state index contributed by atoms with van der Waals surface area (Å²) in [6, 6.07) is 1.71. The molecule has 2 heterocycles. The van der Waals surface area contributed by atoms with Gasteiger partial charge in [-0.15, -0.1) is 0 Å². The highest BCUT2D eigenvalue weighted by atomic mass is 16.5. The zero-order chi connectivity index (χ0) is 10.3. The van der Waals surface area contributed by atoms with Gasteiger partial charge in [-0.05, 0) is 25.7 Å². The molecule has 2 aromatic rings. The summed E-state index contributed by atoms with van der Waals surface area (Å²) in [6.07, 6.45) is 4.59. The Bertz CT molecular complexity index is 485. The Labute approximate surface area is 86.6 Å². The quantitative estimate of drug-likeness (QED) is 0.738. The highest BCUT2D eigenvalue weighted by Crippen LogP contribution is 2.29. The Morgan fingerprint density at radius 2 is 2.20 bits per heavy atom. The number of aromatic amines is 1. The predicted molar refractivity (Wildman–Crippen MR) is 55.1 cm³/mol. The van der Waals surface area contributed by atoms with E-state index >= 15 is 0 Å². The van der Waals surface area contributed by atoms with E-state index < -0.39 is 0 Å². The molecule has 5 heteroatoms. The summed E-state index contributed by atoms with van der Waals surface area (Å²) in [5.41, 5.74) is 9.62. The van der Waals surface area contributed by atoms with Gasteiger partial charge in [0, 0.05) is 17.3 Å². The highest BCUT2D eigenvalue weighted by Gasteiger charge is 2.19. The van der Waals surface area contributed by atoms with E-state index in [0.29, 0.717) is 5.88 Å². The Balaban J connectivity index is 2.08. The van der Waals surface area contributed by atoms with E-state index in [1.807, 2.05) is 0 Å². The van der Waals surface area contributed by atoms with Crippen molar-refractivity contribution in [3.63, 3.8) is 0 Å². The van der Waals surface area contributed by atoms with Gasteiger partial charge in [0.25, 0.3) is 0 Å². The van der Waals surface area contributed by atoms with Crippen LogP contribution in [0, 0.1) is 0 Å². The van der Waals surface area contributed by atoms with Crippen molar-refractivity contribution in [2.24, 2.45) is 0 Å². The first-order chi connectivity index (χ1) is 7.34. The SMILES string of the molecule is Nc1cc(-c2n[nH]c3c2CCCC3)no1. The second kappa shape index (κ2) is 3.12. The van der Waals surface area contributed by atoms with Crippen molar-refractivity contribution < 1.29 is 4.52 Å². The standard InChI is InChI=1S/C10H12N4O/c11-9-5-8(14-15-9)10-6-3-1-2-4-7(6)12-13-10/h5H,1-4,11H2,(H,12,13). The van der Waals surface area contributed by atoms with E-state index in [9.17, 15) is 0 Å². The summed E-state index contributed by atoms with van der Waals surface area (Å²) in [4.78, 5) is 0. The molecule has 0 atom stereocenters. The number of anilines is 1. The van der Waals surface area contributed by atoms with Crippen molar-refractivity contribution in [3.05, 3.63) is 17.3 Å². The van der Waals surface area contributed by atoms with Gasteiger partial charge in [-0.3, -0.25) is 5.10 Å². The van der Waals surface area contributed by atoms with Crippen molar-refractivity contribution in [1.29, 1.82) is 0 Å². The molecule has 2 aromatic heterocycles. The van der Waals surface area contributed by atoms with Crippen LogP contribution in [0.4, 0.5) is 5.88 Å². The molecule has 0 aliphatic heterocycles. The fraction of sp³-hybridized carbons (Fsp3) is 0.400. The monoisotopic (exact) mass is 204 g/mol. The fourth-order valence-electron chi connectivity index (χ4n) is 2.09. The van der Waals surface area contributed by atoms with Gasteiger partial charge in [-0.25, -0.2) is 0 Å². The van der Waals surface area contributed by atoms with Crippen LogP contribution in [0.3, 0.4) is 0 Å². The first kappa shape index (κ1) is 8.52. The van der Waals surface area contributed by atoms with Crippen LogP contribution in [0.15, 0.2) is 10.6 Å². The van der Waals surface area contributed by atoms with Crippen molar-refractivity contribution >= 4 is 5.88 Å². The molecule has 0 spiro atoms. The number of rotatable bonds is 1. The van der Waals surface area contributed by atoms with Gasteiger partial charge in [0.05, 0.1) is 0 Å². The summed E-state index contributed by atoms with van der Waals surface area (Å²) in [5.74, 6) is 0.331. The van der Waals surface area contributed by atoms with E-state index in [2.05, 4.69) is 15.4 Å². The third-order valence-corrected chi connectivity index (χ3v) is 2.83. The largest absolute Gasteiger partial charge is 0.368 e. The minimum atomic E-state index is 0.331. The van der Waals surface area contributed by atoms with Crippen LogP contribution in [0.2, 0.25) is 0 Å². The summed E-state index contributed by atoms with van der Waals surface area (Å²) in [7, 11) is 0. The van der Waals surface area contributed by atoms with E-state index in [1.165, 1.54) is 24.1 Å². The number of aryl methyl sites for hydroxylation is 1. The molecule has 5 nitrogen and oxygen atoms in total. The number of H-pyrrole nitrogens is 1. The smallest absolute Gasteiger partial charge is 0.222 e. The van der Waals surface area contributed by atoms with Gasteiger partial charge in [0.2, 0.25) is 5.88 Å². The summed E-state index contributed by atoms with van der Waals surface area (Å²) in [6.45, 7) is 0. The van der Waals surface area contributed by atoms with Crippen LogP contribution in [0.5, 0.6) is 0 Å². The van der Waals surface area contributed by atoms with E-state index in [4.69, 9.17) is 10.3 Å². The molecule has 1 aliphatic rings. The van der Waals surface area contributed by atoms with Gasteiger partial charge in [0.15, 0.2) is 0 Å². The number of aromatic nitrogens is 3. The lowest BCUT2D eigenvalue weighted by molar-refractivity contribution is 0.439. The van der Waals surface area contributed by atoms with Crippen molar-refractivity contribution in [2.45, 2.75) is 25.7 Å². The summed E-state index contributed by atoms with van der Waals surface area (Å²) < 4.78 is 4.85. The maximum atomic E-state index is 5.49.